The van der Waals surface area contributed by atoms with Gasteiger partial charge in [0, 0.05) is 18.6 Å². The molecule has 1 heterocycles. The molecule has 1 aliphatic heterocycles. The molecule has 0 bridgehead atoms. The van der Waals surface area contributed by atoms with E-state index in [1.807, 2.05) is 0 Å². The molecule has 1 rings (SSSR count). The molecule has 2 heteroatoms. The molecular formula is C10H24N2. The van der Waals surface area contributed by atoms with Crippen LogP contribution < -0.4 is 0 Å². The third kappa shape index (κ3) is 2.20. The van der Waals surface area contributed by atoms with Gasteiger partial charge in [-0.1, -0.05) is 7.43 Å². The SMILES string of the molecule is C.CC1N(C)CCN1C(C)(C)C. The van der Waals surface area contributed by atoms with Crippen LogP contribution >= 0.6 is 0 Å². The van der Waals surface area contributed by atoms with Gasteiger partial charge in [-0.25, -0.2) is 0 Å². The maximum absolute atomic E-state index is 2.53. The molecule has 0 aromatic rings. The fourth-order valence-corrected chi connectivity index (χ4v) is 1.77. The predicted octanol–water partition coefficient (Wildman–Crippen LogP) is 2.01. The van der Waals surface area contributed by atoms with Crippen molar-refractivity contribution in [2.75, 3.05) is 20.1 Å². The first-order valence-electron chi connectivity index (χ1n) is 4.40. The Morgan fingerprint density at radius 1 is 1.17 bits per heavy atom. The average molecular weight is 172 g/mol. The standard InChI is InChI=1S/C9H20N2.CH4/c1-8-10(5)6-7-11(8)9(2,3)4;/h8H,6-7H2,1-5H3;1H4. The molecule has 0 saturated carbocycles. The van der Waals surface area contributed by atoms with Gasteiger partial charge in [-0.2, -0.15) is 0 Å². The van der Waals surface area contributed by atoms with Crippen LogP contribution in [0.15, 0.2) is 0 Å². The van der Waals surface area contributed by atoms with E-state index in [0.29, 0.717) is 11.7 Å². The largest absolute Gasteiger partial charge is 0.290 e. The summed E-state index contributed by atoms with van der Waals surface area (Å²) in [5, 5.41) is 0. The van der Waals surface area contributed by atoms with Crippen molar-refractivity contribution in [3.63, 3.8) is 0 Å². The maximum Gasteiger partial charge on any atom is 0.0596 e. The van der Waals surface area contributed by atoms with E-state index in [0.717, 1.165) is 0 Å². The van der Waals surface area contributed by atoms with Gasteiger partial charge in [0.25, 0.3) is 0 Å². The zero-order valence-electron chi connectivity index (χ0n) is 8.39. The first kappa shape index (κ1) is 11.9. The van der Waals surface area contributed by atoms with Gasteiger partial charge >= 0.3 is 0 Å². The Morgan fingerprint density at radius 2 is 1.67 bits per heavy atom. The first-order valence-corrected chi connectivity index (χ1v) is 4.40. The van der Waals surface area contributed by atoms with Crippen LogP contribution in [0, 0.1) is 0 Å². The molecule has 0 aromatic heterocycles. The van der Waals surface area contributed by atoms with Crippen molar-refractivity contribution in [2.45, 2.75) is 46.8 Å². The normalized spacial score (nSPS) is 27.2. The van der Waals surface area contributed by atoms with Crippen molar-refractivity contribution in [1.29, 1.82) is 0 Å². The van der Waals surface area contributed by atoms with Gasteiger partial charge < -0.3 is 0 Å². The van der Waals surface area contributed by atoms with E-state index in [4.69, 9.17) is 0 Å². The first-order chi connectivity index (χ1) is 4.93. The Balaban J connectivity index is 0.00000121. The molecule has 0 aromatic carbocycles. The van der Waals surface area contributed by atoms with Crippen LogP contribution in [0.3, 0.4) is 0 Å². The van der Waals surface area contributed by atoms with Crippen molar-refractivity contribution < 1.29 is 0 Å². The van der Waals surface area contributed by atoms with Gasteiger partial charge in [0.1, 0.15) is 0 Å². The van der Waals surface area contributed by atoms with E-state index in [9.17, 15) is 0 Å². The van der Waals surface area contributed by atoms with Crippen molar-refractivity contribution in [1.82, 2.24) is 9.80 Å². The highest BCUT2D eigenvalue weighted by atomic mass is 15.4. The summed E-state index contributed by atoms with van der Waals surface area (Å²) in [5.74, 6) is 0. The molecule has 1 fully saturated rings. The van der Waals surface area contributed by atoms with E-state index < -0.39 is 0 Å². The molecule has 1 unspecified atom stereocenters. The van der Waals surface area contributed by atoms with Gasteiger partial charge in [-0.3, -0.25) is 9.80 Å². The molecule has 0 radical (unpaired) electrons. The quantitative estimate of drug-likeness (QED) is 0.551. The van der Waals surface area contributed by atoms with Crippen LogP contribution in [0.2, 0.25) is 0 Å². The van der Waals surface area contributed by atoms with Crippen LogP contribution in [0.1, 0.15) is 35.1 Å². The fourth-order valence-electron chi connectivity index (χ4n) is 1.77. The van der Waals surface area contributed by atoms with Gasteiger partial charge in [0.15, 0.2) is 0 Å². The van der Waals surface area contributed by atoms with Crippen LogP contribution in [-0.2, 0) is 0 Å². The predicted molar refractivity (Wildman–Crippen MR) is 55.3 cm³/mol. The second kappa shape index (κ2) is 3.75. The Labute approximate surface area is 77.5 Å². The van der Waals surface area contributed by atoms with Crippen molar-refractivity contribution >= 4 is 0 Å². The van der Waals surface area contributed by atoms with Gasteiger partial charge in [0.05, 0.1) is 6.17 Å². The lowest BCUT2D eigenvalue weighted by molar-refractivity contribution is 0.0846. The number of hydrogen-bond acceptors (Lipinski definition) is 2. The maximum atomic E-state index is 2.53. The zero-order valence-corrected chi connectivity index (χ0v) is 8.39. The van der Waals surface area contributed by atoms with E-state index in [2.05, 4.69) is 44.5 Å². The van der Waals surface area contributed by atoms with Crippen molar-refractivity contribution in [3.8, 4) is 0 Å². The van der Waals surface area contributed by atoms with Crippen LogP contribution in [0.5, 0.6) is 0 Å². The van der Waals surface area contributed by atoms with Crippen LogP contribution in [0.25, 0.3) is 0 Å². The Morgan fingerprint density at radius 3 is 1.83 bits per heavy atom. The molecule has 12 heavy (non-hydrogen) atoms. The smallest absolute Gasteiger partial charge is 0.0596 e. The third-order valence-electron chi connectivity index (χ3n) is 2.64. The molecule has 0 amide bonds. The number of nitrogens with zero attached hydrogens (tertiary/aromatic N) is 2. The van der Waals surface area contributed by atoms with E-state index in [1.165, 1.54) is 13.1 Å². The monoisotopic (exact) mass is 172 g/mol. The van der Waals surface area contributed by atoms with Crippen molar-refractivity contribution in [3.05, 3.63) is 0 Å². The number of hydrogen-bond donors (Lipinski definition) is 0. The van der Waals surface area contributed by atoms with E-state index in [-0.39, 0.29) is 7.43 Å². The van der Waals surface area contributed by atoms with E-state index >= 15 is 0 Å². The highest BCUT2D eigenvalue weighted by Gasteiger charge is 2.32. The second-order valence-electron chi connectivity index (χ2n) is 4.48. The minimum atomic E-state index is 0. The molecular weight excluding hydrogens is 148 g/mol. The fraction of sp³-hybridized carbons (Fsp3) is 1.00. The lowest BCUT2D eigenvalue weighted by Gasteiger charge is -2.36. The number of rotatable bonds is 0. The number of likely N-dealkylation sites (N-methyl/N-ethyl adjacent to an activating group) is 1. The van der Waals surface area contributed by atoms with Gasteiger partial charge in [-0.05, 0) is 34.7 Å². The summed E-state index contributed by atoms with van der Waals surface area (Å²) in [7, 11) is 2.19. The molecule has 2 nitrogen and oxygen atoms in total. The summed E-state index contributed by atoms with van der Waals surface area (Å²) < 4.78 is 0. The summed E-state index contributed by atoms with van der Waals surface area (Å²) in [6.07, 6.45) is 0.606. The van der Waals surface area contributed by atoms with Gasteiger partial charge in [-0.15, -0.1) is 0 Å². The third-order valence-corrected chi connectivity index (χ3v) is 2.64. The van der Waals surface area contributed by atoms with Crippen LogP contribution in [0.4, 0.5) is 0 Å². The Hall–Kier alpha value is -0.0800. The summed E-state index contributed by atoms with van der Waals surface area (Å²) in [6, 6.07) is 0. The molecule has 1 saturated heterocycles. The lowest BCUT2D eigenvalue weighted by atomic mass is 10.1. The second-order valence-corrected chi connectivity index (χ2v) is 4.48. The summed E-state index contributed by atoms with van der Waals surface area (Å²) in [5.41, 5.74) is 0.324. The summed E-state index contributed by atoms with van der Waals surface area (Å²) >= 11 is 0. The topological polar surface area (TPSA) is 6.48 Å². The molecule has 1 aliphatic rings. The molecule has 74 valence electrons. The lowest BCUT2D eigenvalue weighted by Crippen LogP contribution is -2.46. The highest BCUT2D eigenvalue weighted by molar-refractivity contribution is 4.85. The summed E-state index contributed by atoms with van der Waals surface area (Å²) in [4.78, 5) is 4.93. The van der Waals surface area contributed by atoms with Crippen LogP contribution in [-0.4, -0.2) is 41.6 Å². The molecule has 0 spiro atoms. The Bertz CT molecular complexity index is 137. The van der Waals surface area contributed by atoms with Gasteiger partial charge in [0.2, 0.25) is 0 Å². The summed E-state index contributed by atoms with van der Waals surface area (Å²) in [6.45, 7) is 11.5. The average Bonchev–Trinajstić information content (AvgIpc) is 2.11. The van der Waals surface area contributed by atoms with Crippen molar-refractivity contribution in [2.24, 2.45) is 0 Å². The molecule has 0 aliphatic carbocycles. The minimum Gasteiger partial charge on any atom is -0.290 e. The van der Waals surface area contributed by atoms with E-state index in [1.54, 1.807) is 0 Å². The minimum absolute atomic E-state index is 0. The molecule has 0 N–H and O–H groups in total. The zero-order chi connectivity index (χ0) is 8.65. The Kier molecular flexibility index (Phi) is 3.73. The molecule has 1 atom stereocenters. The highest BCUT2D eigenvalue weighted by Crippen LogP contribution is 2.22.